The number of anilines is 1. The first-order valence-corrected chi connectivity index (χ1v) is 11.7. The fraction of sp³-hybridized carbons (Fsp3) is 0.478. The van der Waals surface area contributed by atoms with E-state index in [1.165, 1.54) is 13.3 Å². The number of carboxylic acids is 3. The Kier molecular flexibility index (Phi) is 7.33. The number of hydrogen-bond donors (Lipinski definition) is 5. The summed E-state index contributed by atoms with van der Waals surface area (Å²) in [6.45, 7) is 2.38. The molecule has 3 fully saturated rings. The molecule has 4 heterocycles. The van der Waals surface area contributed by atoms with Crippen molar-refractivity contribution >= 4 is 40.5 Å². The summed E-state index contributed by atoms with van der Waals surface area (Å²) < 4.78 is 16.7. The molecule has 1 spiro atoms. The molecule has 2 aromatic rings. The number of carboxylic acid groups (broad SMARTS) is 3. The number of rotatable bonds is 7. The van der Waals surface area contributed by atoms with Gasteiger partial charge in [-0.2, -0.15) is 0 Å². The maximum absolute atomic E-state index is 15.0. The van der Waals surface area contributed by atoms with E-state index in [0.29, 0.717) is 18.7 Å². The van der Waals surface area contributed by atoms with Crippen molar-refractivity contribution in [3.63, 3.8) is 0 Å². The molecule has 1 atom stereocenters. The van der Waals surface area contributed by atoms with Crippen LogP contribution < -0.4 is 21.4 Å². The van der Waals surface area contributed by atoms with Crippen LogP contribution in [-0.2, 0) is 14.4 Å². The van der Waals surface area contributed by atoms with E-state index in [0.717, 1.165) is 37.7 Å². The zero-order valence-corrected chi connectivity index (χ0v) is 20.4. The molecule has 6 N–H and O–H groups in total. The Morgan fingerprint density at radius 2 is 2.00 bits per heavy atom. The fourth-order valence-corrected chi connectivity index (χ4v) is 4.51. The number of hydrogen-bond acceptors (Lipinski definition) is 10. The first-order chi connectivity index (χ1) is 18.0. The smallest absolute Gasteiger partial charge is 0.341 e. The molecule has 38 heavy (non-hydrogen) atoms. The Morgan fingerprint density at radius 1 is 1.32 bits per heavy atom. The van der Waals surface area contributed by atoms with Crippen LogP contribution in [0.25, 0.3) is 11.0 Å². The van der Waals surface area contributed by atoms with Gasteiger partial charge in [0.25, 0.3) is 0 Å². The van der Waals surface area contributed by atoms with Crippen molar-refractivity contribution in [3.05, 3.63) is 33.9 Å². The van der Waals surface area contributed by atoms with E-state index in [9.17, 15) is 24.3 Å². The first-order valence-electron chi connectivity index (χ1n) is 11.7. The third-order valence-electron chi connectivity index (χ3n) is 6.70. The van der Waals surface area contributed by atoms with Crippen molar-refractivity contribution in [1.82, 2.24) is 14.9 Å². The van der Waals surface area contributed by atoms with Gasteiger partial charge in [-0.1, -0.05) is 5.16 Å². The lowest BCUT2D eigenvalue weighted by molar-refractivity contribution is -0.144. The molecule has 15 heteroatoms. The molecule has 1 aliphatic carbocycles. The second kappa shape index (κ2) is 10.3. The SMILES string of the molecule is CO/N=C1\CN(c2nc3c(cc2F)c(=O)c(C(=O)O)cn3C2CC2)CC12CNC2.N[C@H](CC(=O)O)C(=O)O. The van der Waals surface area contributed by atoms with Crippen LogP contribution in [0, 0.1) is 11.2 Å². The van der Waals surface area contributed by atoms with E-state index in [-0.39, 0.29) is 28.2 Å². The highest BCUT2D eigenvalue weighted by molar-refractivity contribution is 5.99. The number of fused-ring (bicyclic) bond motifs is 1. The van der Waals surface area contributed by atoms with Crippen molar-refractivity contribution in [3.8, 4) is 0 Å². The van der Waals surface area contributed by atoms with E-state index in [1.54, 1.807) is 9.47 Å². The number of aromatic carboxylic acids is 1. The highest BCUT2D eigenvalue weighted by atomic mass is 19.1. The number of nitrogens with two attached hydrogens (primary N) is 1. The van der Waals surface area contributed by atoms with Gasteiger partial charge in [-0.25, -0.2) is 14.2 Å². The predicted molar refractivity (Wildman–Crippen MR) is 131 cm³/mol. The molecular formula is C23H27FN6O8. The lowest BCUT2D eigenvalue weighted by Gasteiger charge is -2.38. The van der Waals surface area contributed by atoms with Gasteiger partial charge in [0.05, 0.1) is 29.5 Å². The molecule has 204 valence electrons. The van der Waals surface area contributed by atoms with Gasteiger partial charge >= 0.3 is 17.9 Å². The zero-order chi connectivity index (χ0) is 27.8. The van der Waals surface area contributed by atoms with E-state index in [4.69, 9.17) is 20.8 Å². The number of pyridine rings is 2. The summed E-state index contributed by atoms with van der Waals surface area (Å²) in [5.74, 6) is -4.33. The van der Waals surface area contributed by atoms with Crippen LogP contribution in [0.4, 0.5) is 10.2 Å². The number of nitrogens with one attached hydrogen (secondary N) is 1. The first kappa shape index (κ1) is 26.9. The minimum absolute atomic E-state index is 0.0111. The number of aliphatic carboxylic acids is 2. The van der Waals surface area contributed by atoms with Crippen LogP contribution in [0.5, 0.6) is 0 Å². The van der Waals surface area contributed by atoms with Crippen molar-refractivity contribution in [1.29, 1.82) is 0 Å². The number of oxime groups is 1. The maximum Gasteiger partial charge on any atom is 0.341 e. The summed E-state index contributed by atoms with van der Waals surface area (Å²) in [5, 5.41) is 32.7. The summed E-state index contributed by atoms with van der Waals surface area (Å²) in [5.41, 5.74) is 4.70. The molecule has 1 saturated carbocycles. The molecule has 2 saturated heterocycles. The van der Waals surface area contributed by atoms with Crippen molar-refractivity contribution in [2.45, 2.75) is 31.3 Å². The van der Waals surface area contributed by atoms with Gasteiger partial charge in [0.1, 0.15) is 24.4 Å². The molecule has 0 bridgehead atoms. The summed E-state index contributed by atoms with van der Waals surface area (Å²) in [6, 6.07) is -0.0986. The molecule has 0 radical (unpaired) electrons. The lowest BCUT2D eigenvalue weighted by atomic mass is 9.79. The third-order valence-corrected chi connectivity index (χ3v) is 6.70. The fourth-order valence-electron chi connectivity index (χ4n) is 4.51. The van der Waals surface area contributed by atoms with Gasteiger partial charge in [0, 0.05) is 31.9 Å². The number of aromatic nitrogens is 2. The molecule has 2 aromatic heterocycles. The normalized spacial score (nSPS) is 19.6. The predicted octanol–water partition coefficient (Wildman–Crippen LogP) is -0.146. The van der Waals surface area contributed by atoms with Crippen LogP contribution in [0.15, 0.2) is 22.2 Å². The van der Waals surface area contributed by atoms with Gasteiger partial charge in [0.2, 0.25) is 5.43 Å². The summed E-state index contributed by atoms with van der Waals surface area (Å²) in [4.78, 5) is 54.9. The van der Waals surface area contributed by atoms with Crippen LogP contribution in [0.3, 0.4) is 0 Å². The highest BCUT2D eigenvalue weighted by Crippen LogP contribution is 2.39. The average molecular weight is 535 g/mol. The monoisotopic (exact) mass is 534 g/mol. The standard InChI is InChI=1S/C19H20FN5O4.C4H7NO4/c1-29-23-14-6-24(9-19(14)7-21-8-19)17-13(20)4-11-15(26)12(18(27)28)5-25(10-2-3-10)16(11)22-17;5-2(4(8)9)1-3(6)7/h4-5,10,21H,2-3,6-9H2,1H3,(H,27,28);2H,1,5H2,(H,6,7)(H,8,9)/b23-14+;/t;2-/m.1/s1. The Bertz CT molecular complexity index is 1380. The molecule has 5 rings (SSSR count). The number of carbonyl (C=O) groups is 3. The molecule has 0 aromatic carbocycles. The highest BCUT2D eigenvalue weighted by Gasteiger charge is 2.50. The Hall–Kier alpha value is -4.11. The van der Waals surface area contributed by atoms with Gasteiger partial charge in [-0.15, -0.1) is 0 Å². The van der Waals surface area contributed by atoms with Crippen LogP contribution in [0.1, 0.15) is 35.7 Å². The Morgan fingerprint density at radius 3 is 2.47 bits per heavy atom. The lowest BCUT2D eigenvalue weighted by Crippen LogP contribution is -2.58. The van der Waals surface area contributed by atoms with E-state index >= 15 is 4.39 Å². The number of nitrogens with zero attached hydrogens (tertiary/aromatic N) is 4. The topological polar surface area (TPSA) is 210 Å². The van der Waals surface area contributed by atoms with Crippen LogP contribution >= 0.6 is 0 Å². The van der Waals surface area contributed by atoms with Gasteiger partial charge in [-0.3, -0.25) is 14.4 Å². The summed E-state index contributed by atoms with van der Waals surface area (Å²) in [6.07, 6.45) is 2.54. The van der Waals surface area contributed by atoms with Crippen LogP contribution in [-0.4, -0.2) is 87.8 Å². The van der Waals surface area contributed by atoms with Gasteiger partial charge < -0.3 is 40.7 Å². The second-order valence-corrected chi connectivity index (χ2v) is 9.48. The van der Waals surface area contributed by atoms with E-state index < -0.39 is 41.6 Å². The maximum atomic E-state index is 15.0. The summed E-state index contributed by atoms with van der Waals surface area (Å²) >= 11 is 0. The molecule has 3 aliphatic rings. The second-order valence-electron chi connectivity index (χ2n) is 9.48. The third kappa shape index (κ3) is 5.15. The minimum atomic E-state index is -1.32. The summed E-state index contributed by atoms with van der Waals surface area (Å²) in [7, 11) is 1.48. The minimum Gasteiger partial charge on any atom is -0.481 e. The number of halogens is 1. The molecule has 14 nitrogen and oxygen atoms in total. The molecule has 0 unspecified atom stereocenters. The van der Waals surface area contributed by atoms with Crippen molar-refractivity contribution in [2.75, 3.05) is 38.2 Å². The quantitative estimate of drug-likeness (QED) is 0.294. The van der Waals surface area contributed by atoms with Crippen LogP contribution in [0.2, 0.25) is 0 Å². The Labute approximate surface area is 214 Å². The van der Waals surface area contributed by atoms with Gasteiger partial charge in [0.15, 0.2) is 11.6 Å². The molecule has 0 amide bonds. The average Bonchev–Trinajstić information content (AvgIpc) is 3.59. The van der Waals surface area contributed by atoms with Crippen molar-refractivity contribution < 1.29 is 38.9 Å². The van der Waals surface area contributed by atoms with E-state index in [1.807, 2.05) is 0 Å². The zero-order valence-electron chi connectivity index (χ0n) is 20.4. The Balaban J connectivity index is 0.000000323. The van der Waals surface area contributed by atoms with E-state index in [2.05, 4.69) is 15.5 Å². The van der Waals surface area contributed by atoms with Gasteiger partial charge in [-0.05, 0) is 18.9 Å². The molecule has 2 aliphatic heterocycles. The molecular weight excluding hydrogens is 507 g/mol. The van der Waals surface area contributed by atoms with Crippen molar-refractivity contribution in [2.24, 2.45) is 16.3 Å². The largest absolute Gasteiger partial charge is 0.481 e.